The van der Waals surface area contributed by atoms with Gasteiger partial charge < -0.3 is 46.5 Å². The van der Waals surface area contributed by atoms with Gasteiger partial charge in [0.15, 0.2) is 6.29 Å². The van der Waals surface area contributed by atoms with E-state index < -0.39 is 49.0 Å². The Balaban J connectivity index is 2.15. The first-order chi connectivity index (χ1) is 15.3. The molecule has 0 saturated carbocycles. The molecule has 192 valence electrons. The second kappa shape index (κ2) is 17.1. The molecule has 8 atom stereocenters. The van der Waals surface area contributed by atoms with Crippen molar-refractivity contribution in [3.05, 3.63) is 0 Å². The van der Waals surface area contributed by atoms with E-state index in [0.717, 1.165) is 19.3 Å². The molecule has 0 aromatic heterocycles. The van der Waals surface area contributed by atoms with Crippen LogP contribution in [-0.2, 0) is 9.47 Å². The molecule has 9 N–H and O–H groups in total. The normalized spacial score (nSPS) is 29.1. The van der Waals surface area contributed by atoms with Gasteiger partial charge in [0, 0.05) is 6.54 Å². The molecule has 0 aliphatic carbocycles. The van der Waals surface area contributed by atoms with Crippen LogP contribution in [0.15, 0.2) is 0 Å². The Hall–Kier alpha value is -0.360. The monoisotopic (exact) mass is 464 g/mol. The van der Waals surface area contributed by atoms with Gasteiger partial charge in [-0.25, -0.2) is 0 Å². The molecule has 2 unspecified atom stereocenters. The predicted octanol–water partition coefficient (Wildman–Crippen LogP) is 0.520. The molecular weight excluding hydrogens is 416 g/mol. The van der Waals surface area contributed by atoms with Crippen molar-refractivity contribution in [2.24, 2.45) is 11.5 Å². The van der Waals surface area contributed by atoms with Gasteiger partial charge >= 0.3 is 0 Å². The lowest BCUT2D eigenvalue weighted by molar-refractivity contribution is -0.296. The van der Waals surface area contributed by atoms with Crippen molar-refractivity contribution in [3.63, 3.8) is 0 Å². The molecule has 0 spiro atoms. The molecule has 0 aromatic rings. The number of unbranched alkanes of at least 4 members (excludes halogenated alkanes) is 10. The molecule has 1 fully saturated rings. The zero-order chi connectivity index (χ0) is 23.9. The molecular formula is C23H48N2O7. The second-order valence-electron chi connectivity index (χ2n) is 9.13. The average Bonchev–Trinajstić information content (AvgIpc) is 2.79. The van der Waals surface area contributed by atoms with E-state index in [1.54, 1.807) is 0 Å². The summed E-state index contributed by atoms with van der Waals surface area (Å²) in [7, 11) is 0. The third-order valence-corrected chi connectivity index (χ3v) is 6.29. The summed E-state index contributed by atoms with van der Waals surface area (Å²) in [6.45, 7) is 1.97. The number of rotatable bonds is 18. The Kier molecular flexibility index (Phi) is 15.9. The first kappa shape index (κ1) is 29.7. The summed E-state index contributed by atoms with van der Waals surface area (Å²) in [5.41, 5.74) is 11.4. The van der Waals surface area contributed by atoms with E-state index in [0.29, 0.717) is 6.42 Å². The molecule has 1 rings (SSSR count). The van der Waals surface area contributed by atoms with Crippen LogP contribution in [0.2, 0.25) is 0 Å². The van der Waals surface area contributed by atoms with Gasteiger partial charge in [0.1, 0.15) is 24.4 Å². The summed E-state index contributed by atoms with van der Waals surface area (Å²) in [6, 6.07) is -0.895. The van der Waals surface area contributed by atoms with Gasteiger partial charge in [0.25, 0.3) is 0 Å². The third-order valence-electron chi connectivity index (χ3n) is 6.29. The summed E-state index contributed by atoms with van der Waals surface area (Å²) in [4.78, 5) is 0. The van der Waals surface area contributed by atoms with Crippen LogP contribution in [-0.4, -0.2) is 87.6 Å². The van der Waals surface area contributed by atoms with E-state index in [1.807, 2.05) is 0 Å². The standard InChI is InChI=1S/C23H48N2O7/c1-2-3-4-5-6-7-8-9-10-11-12-13-17(26)19(27)16(25)15-31-23-22(30)21(29)20(28)18(14-24)32-23/h16-23,26-30H,2-15,24-25H2,1H3/t16-,17+,18?,19-,20-,21-,22?,23+/m0/s1. The first-order valence-corrected chi connectivity index (χ1v) is 12.5. The van der Waals surface area contributed by atoms with Gasteiger partial charge in [0.2, 0.25) is 0 Å². The highest BCUT2D eigenvalue weighted by molar-refractivity contribution is 4.90. The predicted molar refractivity (Wildman–Crippen MR) is 123 cm³/mol. The van der Waals surface area contributed by atoms with E-state index in [4.69, 9.17) is 20.9 Å². The minimum Gasteiger partial charge on any atom is -0.390 e. The van der Waals surface area contributed by atoms with Gasteiger partial charge in [-0.05, 0) is 6.42 Å². The van der Waals surface area contributed by atoms with Crippen molar-refractivity contribution in [1.82, 2.24) is 0 Å². The van der Waals surface area contributed by atoms with Gasteiger partial charge in [-0.3, -0.25) is 0 Å². The summed E-state index contributed by atoms with van der Waals surface area (Å²) in [5.74, 6) is 0. The van der Waals surface area contributed by atoms with E-state index >= 15 is 0 Å². The van der Waals surface area contributed by atoms with Gasteiger partial charge in [-0.2, -0.15) is 0 Å². The fourth-order valence-electron chi connectivity index (χ4n) is 4.03. The van der Waals surface area contributed by atoms with Crippen LogP contribution in [0.1, 0.15) is 84.0 Å². The van der Waals surface area contributed by atoms with Crippen molar-refractivity contribution < 1.29 is 35.0 Å². The molecule has 9 nitrogen and oxygen atoms in total. The van der Waals surface area contributed by atoms with E-state index in [2.05, 4.69) is 6.92 Å². The molecule has 32 heavy (non-hydrogen) atoms. The minimum absolute atomic E-state index is 0.0584. The number of ether oxygens (including phenoxy) is 2. The molecule has 1 saturated heterocycles. The highest BCUT2D eigenvalue weighted by Crippen LogP contribution is 2.22. The number of hydrogen-bond donors (Lipinski definition) is 7. The highest BCUT2D eigenvalue weighted by Gasteiger charge is 2.44. The van der Waals surface area contributed by atoms with Crippen molar-refractivity contribution in [2.45, 2.75) is 133 Å². The Morgan fingerprint density at radius 2 is 1.34 bits per heavy atom. The Morgan fingerprint density at radius 3 is 1.88 bits per heavy atom. The Bertz CT molecular complexity index is 458. The Labute approximate surface area is 193 Å². The second-order valence-corrected chi connectivity index (χ2v) is 9.13. The molecule has 1 aliphatic heterocycles. The smallest absolute Gasteiger partial charge is 0.186 e. The number of aliphatic hydroxyl groups excluding tert-OH is 5. The molecule has 0 radical (unpaired) electrons. The summed E-state index contributed by atoms with van der Waals surface area (Å²) in [5, 5.41) is 50.2. The van der Waals surface area contributed by atoms with Crippen molar-refractivity contribution in [2.75, 3.05) is 13.2 Å². The quantitative estimate of drug-likeness (QED) is 0.143. The fraction of sp³-hybridized carbons (Fsp3) is 1.00. The lowest BCUT2D eigenvalue weighted by atomic mass is 9.98. The van der Waals surface area contributed by atoms with Gasteiger partial charge in [-0.1, -0.05) is 77.6 Å². The molecule has 0 amide bonds. The summed E-state index contributed by atoms with van der Waals surface area (Å²) in [6.07, 6.45) is 5.25. The number of nitrogens with two attached hydrogens (primary N) is 2. The number of hydrogen-bond acceptors (Lipinski definition) is 9. The van der Waals surface area contributed by atoms with Gasteiger partial charge in [-0.15, -0.1) is 0 Å². The van der Waals surface area contributed by atoms with Crippen molar-refractivity contribution >= 4 is 0 Å². The minimum atomic E-state index is -1.47. The maximum atomic E-state index is 10.3. The lowest BCUT2D eigenvalue weighted by Gasteiger charge is -2.40. The molecule has 9 heteroatoms. The summed E-state index contributed by atoms with van der Waals surface area (Å²) >= 11 is 0. The van der Waals surface area contributed by atoms with E-state index in [-0.39, 0.29) is 13.2 Å². The molecule has 1 heterocycles. The highest BCUT2D eigenvalue weighted by atomic mass is 16.7. The lowest BCUT2D eigenvalue weighted by Crippen LogP contribution is -2.60. The average molecular weight is 465 g/mol. The Morgan fingerprint density at radius 1 is 0.812 bits per heavy atom. The van der Waals surface area contributed by atoms with E-state index in [1.165, 1.54) is 51.4 Å². The fourth-order valence-corrected chi connectivity index (χ4v) is 4.03. The maximum Gasteiger partial charge on any atom is 0.186 e. The van der Waals surface area contributed by atoms with Crippen LogP contribution in [0.4, 0.5) is 0 Å². The van der Waals surface area contributed by atoms with Crippen LogP contribution in [0.5, 0.6) is 0 Å². The molecule has 0 bridgehead atoms. The third kappa shape index (κ3) is 10.7. The zero-order valence-electron chi connectivity index (χ0n) is 19.7. The zero-order valence-corrected chi connectivity index (χ0v) is 19.7. The number of aliphatic hydroxyl groups is 5. The first-order valence-electron chi connectivity index (χ1n) is 12.5. The van der Waals surface area contributed by atoms with Crippen LogP contribution in [0.25, 0.3) is 0 Å². The SMILES string of the molecule is CCCCCCCCCCCCC[C@@H](O)[C@@H](O)[C@@H](N)CO[C@@H]1OC(CN)[C@H](O)[C@H](O)C1O. The van der Waals surface area contributed by atoms with Crippen LogP contribution in [0, 0.1) is 0 Å². The van der Waals surface area contributed by atoms with E-state index in [9.17, 15) is 25.5 Å². The molecule has 0 aromatic carbocycles. The largest absolute Gasteiger partial charge is 0.390 e. The van der Waals surface area contributed by atoms with Crippen molar-refractivity contribution in [3.8, 4) is 0 Å². The molecule has 1 aliphatic rings. The van der Waals surface area contributed by atoms with Crippen molar-refractivity contribution in [1.29, 1.82) is 0 Å². The van der Waals surface area contributed by atoms with Crippen LogP contribution in [0.3, 0.4) is 0 Å². The summed E-state index contributed by atoms with van der Waals surface area (Å²) < 4.78 is 10.8. The topological polar surface area (TPSA) is 172 Å². The van der Waals surface area contributed by atoms with Gasteiger partial charge in [0.05, 0.1) is 24.9 Å². The maximum absolute atomic E-state index is 10.3. The van der Waals surface area contributed by atoms with Crippen LogP contribution >= 0.6 is 0 Å². The van der Waals surface area contributed by atoms with Crippen LogP contribution < -0.4 is 11.5 Å².